The number of benzene rings is 2. The summed E-state index contributed by atoms with van der Waals surface area (Å²) in [5, 5.41) is 6.82. The van der Waals surface area contributed by atoms with Crippen LogP contribution in [-0.4, -0.2) is 128 Å². The molecule has 332 valence electrons. The van der Waals surface area contributed by atoms with Crippen molar-refractivity contribution in [1.29, 1.82) is 0 Å². The van der Waals surface area contributed by atoms with Crippen LogP contribution in [0.3, 0.4) is 0 Å². The number of piperazine rings is 1. The first-order valence-electron chi connectivity index (χ1n) is 22.4. The van der Waals surface area contributed by atoms with E-state index in [0.717, 1.165) is 107 Å². The molecule has 0 radical (unpaired) electrons. The quantitative estimate of drug-likeness (QED) is 0.0630. The zero-order valence-electron chi connectivity index (χ0n) is 37.1. The number of amides is 1. The molecule has 3 aromatic rings. The number of rotatable bonds is 19. The molecule has 7 rings (SSSR count). The van der Waals surface area contributed by atoms with Crippen LogP contribution in [0.5, 0.6) is 0 Å². The maximum atomic E-state index is 13.7. The molecule has 3 fully saturated rings. The standard InChI is InChI=1S/C49H62N10O4/c1-6-22-58-49(63)45(30-50-4)48(59(58)46-19-12-37-10-9-36(7-2)47(37)53-46)52-34-51-40-13-17-41(18-14-40)55-23-20-42(21-24-55)56-25-27-57(28-26-56)43-16-11-38(32-60)39(29-43)31-54(5)44(33-61)15-8-35(3)62/h6,11-14,16-19,29-30,32-33,36,42,44,51H,1,4,7-10,15,20-28,31,34H2,2-3,5H3/b45-30+,52-48+. The smallest absolute Gasteiger partial charge is 0.278 e. The van der Waals surface area contributed by atoms with Gasteiger partial charge in [-0.15, -0.1) is 6.58 Å². The van der Waals surface area contributed by atoms with E-state index in [1.165, 1.54) is 24.4 Å². The topological polar surface area (TPSA) is 137 Å². The molecule has 4 aliphatic rings. The lowest BCUT2D eigenvalue weighted by Gasteiger charge is -2.44. The van der Waals surface area contributed by atoms with E-state index in [2.05, 4.69) is 81.6 Å². The van der Waals surface area contributed by atoms with Gasteiger partial charge >= 0.3 is 0 Å². The highest BCUT2D eigenvalue weighted by molar-refractivity contribution is 6.31. The van der Waals surface area contributed by atoms with Crippen molar-refractivity contribution in [3.8, 4) is 0 Å². The maximum Gasteiger partial charge on any atom is 0.278 e. The van der Waals surface area contributed by atoms with Crippen LogP contribution in [0.2, 0.25) is 0 Å². The maximum absolute atomic E-state index is 13.7. The largest absolute Gasteiger partial charge is 0.371 e. The summed E-state index contributed by atoms with van der Waals surface area (Å²) in [4.78, 5) is 72.3. The first kappa shape index (κ1) is 45.0. The lowest BCUT2D eigenvalue weighted by molar-refractivity contribution is -0.125. The fraction of sp³-hybridized carbons (Fsp3) is 0.449. The number of ketones is 1. The Balaban J connectivity index is 0.922. The minimum absolute atomic E-state index is 0.0622. The van der Waals surface area contributed by atoms with Gasteiger partial charge in [0.25, 0.3) is 5.91 Å². The van der Waals surface area contributed by atoms with Crippen molar-refractivity contribution in [3.63, 3.8) is 0 Å². The Bertz CT molecular complexity index is 2210. The normalized spacial score (nSPS) is 20.1. The van der Waals surface area contributed by atoms with Crippen molar-refractivity contribution in [2.75, 3.05) is 79.7 Å². The van der Waals surface area contributed by atoms with E-state index in [1.54, 1.807) is 16.1 Å². The number of fused-ring (bicyclic) bond motifs is 1. The molecule has 1 N–H and O–H groups in total. The number of carbonyl (C=O) groups is 4. The number of hydrazine groups is 1. The summed E-state index contributed by atoms with van der Waals surface area (Å²) in [6.45, 7) is 17.9. The number of likely N-dealkylation sites (N-methyl/N-ethyl adjacent to an activating group) is 1. The van der Waals surface area contributed by atoms with Crippen molar-refractivity contribution in [3.05, 3.63) is 101 Å². The van der Waals surface area contributed by atoms with Gasteiger partial charge in [-0.25, -0.2) is 20.0 Å². The van der Waals surface area contributed by atoms with Gasteiger partial charge in [0.05, 0.1) is 12.6 Å². The Morgan fingerprint density at radius 3 is 2.38 bits per heavy atom. The zero-order chi connectivity index (χ0) is 44.5. The number of carbonyl (C=O) groups excluding carboxylic acids is 4. The molecule has 14 heteroatoms. The molecule has 1 amide bonds. The van der Waals surface area contributed by atoms with Crippen LogP contribution in [0, 0.1) is 0 Å². The van der Waals surface area contributed by atoms with Crippen molar-refractivity contribution in [2.45, 2.75) is 83.3 Å². The average Bonchev–Trinajstić information content (AvgIpc) is 3.83. The summed E-state index contributed by atoms with van der Waals surface area (Å²) < 4.78 is 0. The number of aliphatic imine (C=N–C) groups is 2. The SMILES string of the molecule is C=CCN1C(=O)C(=C/N=C)/C(=N\CNc2ccc(N3CCC(N4CCN(c5ccc(C=O)c(CN(C)C(C=O)CCC(C)=O)c5)CC4)CC3)cc2)N1c1ccc2c(n1)C(CC)CC2. The highest BCUT2D eigenvalue weighted by atomic mass is 16.2. The highest BCUT2D eigenvalue weighted by Crippen LogP contribution is 2.37. The van der Waals surface area contributed by atoms with Crippen LogP contribution in [-0.2, 0) is 27.3 Å². The van der Waals surface area contributed by atoms with Crippen LogP contribution in [0.4, 0.5) is 22.9 Å². The number of aryl methyl sites for hydroxylation is 1. The number of hydrogen-bond donors (Lipinski definition) is 1. The number of nitrogens with zero attached hydrogens (tertiary/aromatic N) is 9. The van der Waals surface area contributed by atoms with E-state index in [-0.39, 0.29) is 24.4 Å². The highest BCUT2D eigenvalue weighted by Gasteiger charge is 2.41. The summed E-state index contributed by atoms with van der Waals surface area (Å²) in [7, 11) is 1.87. The van der Waals surface area contributed by atoms with Crippen LogP contribution < -0.4 is 20.1 Å². The summed E-state index contributed by atoms with van der Waals surface area (Å²) >= 11 is 0. The molecule has 0 bridgehead atoms. The molecule has 2 atom stereocenters. The summed E-state index contributed by atoms with van der Waals surface area (Å²) in [6.07, 6.45) is 11.1. The second-order valence-electron chi connectivity index (χ2n) is 17.0. The van der Waals surface area contributed by atoms with Gasteiger partial charge in [0.15, 0.2) is 11.7 Å². The molecule has 63 heavy (non-hydrogen) atoms. The van der Waals surface area contributed by atoms with E-state index >= 15 is 0 Å². The number of aromatic nitrogens is 1. The number of pyridine rings is 1. The van der Waals surface area contributed by atoms with Crippen molar-refractivity contribution < 1.29 is 19.2 Å². The minimum atomic E-state index is -0.381. The molecule has 0 saturated carbocycles. The molecule has 1 aliphatic carbocycles. The molecule has 14 nitrogen and oxygen atoms in total. The number of hydrogen-bond acceptors (Lipinski definition) is 12. The van der Waals surface area contributed by atoms with Gasteiger partial charge in [0, 0.05) is 98.7 Å². The molecule has 2 aromatic carbocycles. The Morgan fingerprint density at radius 1 is 0.984 bits per heavy atom. The molecule has 3 aliphatic heterocycles. The number of Topliss-reactive ketones (excluding diaryl/α,β-unsaturated/α-hetero) is 1. The van der Waals surface area contributed by atoms with Crippen molar-refractivity contribution in [1.82, 2.24) is 19.8 Å². The van der Waals surface area contributed by atoms with Gasteiger partial charge in [-0.3, -0.25) is 24.4 Å². The second-order valence-corrected chi connectivity index (χ2v) is 17.0. The fourth-order valence-corrected chi connectivity index (χ4v) is 9.47. The first-order valence-corrected chi connectivity index (χ1v) is 22.4. The van der Waals surface area contributed by atoms with Crippen molar-refractivity contribution in [2.24, 2.45) is 9.98 Å². The fourth-order valence-electron chi connectivity index (χ4n) is 9.47. The van der Waals surface area contributed by atoms with E-state index < -0.39 is 0 Å². The summed E-state index contributed by atoms with van der Waals surface area (Å²) in [5.74, 6) is 1.36. The second kappa shape index (κ2) is 20.9. The van der Waals surface area contributed by atoms with E-state index in [4.69, 9.17) is 9.98 Å². The predicted molar refractivity (Wildman–Crippen MR) is 252 cm³/mol. The van der Waals surface area contributed by atoms with Gasteiger partial charge < -0.3 is 24.7 Å². The predicted octanol–water partition coefficient (Wildman–Crippen LogP) is 6.30. The molecule has 3 saturated heterocycles. The van der Waals surface area contributed by atoms with Crippen LogP contribution in [0.15, 0.2) is 89.0 Å². The molecule has 4 heterocycles. The minimum Gasteiger partial charge on any atom is -0.371 e. The van der Waals surface area contributed by atoms with E-state index in [9.17, 15) is 19.2 Å². The zero-order valence-corrected chi connectivity index (χ0v) is 37.1. The Morgan fingerprint density at radius 2 is 1.71 bits per heavy atom. The Labute approximate surface area is 372 Å². The third-order valence-electron chi connectivity index (χ3n) is 13.1. The van der Waals surface area contributed by atoms with Crippen LogP contribution >= 0.6 is 0 Å². The number of anilines is 4. The van der Waals surface area contributed by atoms with Crippen LogP contribution in [0.1, 0.15) is 85.5 Å². The van der Waals surface area contributed by atoms with Crippen LogP contribution in [0.25, 0.3) is 0 Å². The van der Waals surface area contributed by atoms with Gasteiger partial charge in [-0.05, 0) is 119 Å². The van der Waals surface area contributed by atoms with Gasteiger partial charge in [0.1, 0.15) is 30.6 Å². The molecular formula is C49H62N10O4. The summed E-state index contributed by atoms with van der Waals surface area (Å²) in [5.41, 5.74) is 7.45. The lowest BCUT2D eigenvalue weighted by Crippen LogP contribution is -2.53. The molecule has 1 aromatic heterocycles. The third-order valence-corrected chi connectivity index (χ3v) is 13.1. The lowest BCUT2D eigenvalue weighted by atomic mass is 10.0. The molecule has 0 spiro atoms. The average molecular weight is 855 g/mol. The van der Waals surface area contributed by atoms with E-state index in [0.29, 0.717) is 60.7 Å². The number of amidine groups is 1. The van der Waals surface area contributed by atoms with Gasteiger partial charge in [-0.2, -0.15) is 0 Å². The number of piperidine rings is 1. The third kappa shape index (κ3) is 10.3. The van der Waals surface area contributed by atoms with Crippen molar-refractivity contribution >= 4 is 59.7 Å². The molecular weight excluding hydrogens is 793 g/mol. The number of aldehydes is 2. The Hall–Kier alpha value is -5.99. The molecule has 2 unspecified atom stereocenters. The van der Waals surface area contributed by atoms with E-state index in [1.807, 2.05) is 30.1 Å². The monoisotopic (exact) mass is 854 g/mol. The number of nitrogens with one attached hydrogen (secondary N) is 1. The summed E-state index contributed by atoms with van der Waals surface area (Å²) in [6, 6.07) is 18.7. The Kier molecular flexibility index (Phi) is 15.0. The van der Waals surface area contributed by atoms with Gasteiger partial charge in [-0.1, -0.05) is 19.1 Å². The van der Waals surface area contributed by atoms with Gasteiger partial charge in [0.2, 0.25) is 0 Å². The first-order chi connectivity index (χ1) is 30.7.